The highest BCUT2D eigenvalue weighted by atomic mass is 31.3. The first-order chi connectivity index (χ1) is 14.0. The van der Waals surface area contributed by atoms with Crippen molar-refractivity contribution in [3.05, 3.63) is 33.1 Å². The monoisotopic (exact) mass is 514 g/mol. The van der Waals surface area contributed by atoms with E-state index >= 15 is 0 Å². The Bertz CT molecular complexity index is 1070. The van der Waals surface area contributed by atoms with Gasteiger partial charge in [0.1, 0.15) is 11.7 Å². The van der Waals surface area contributed by atoms with E-state index in [1.54, 1.807) is 0 Å². The molecule has 16 nitrogen and oxygen atoms in total. The van der Waals surface area contributed by atoms with E-state index in [2.05, 4.69) is 13.1 Å². The molecule has 1 aliphatic rings. The van der Waals surface area contributed by atoms with Crippen LogP contribution < -0.4 is 11.2 Å². The van der Waals surface area contributed by atoms with Crippen LogP contribution in [0.2, 0.25) is 0 Å². The molecule has 0 spiro atoms. The number of nitrogens with zero attached hydrogens (tertiary/aromatic N) is 1. The summed E-state index contributed by atoms with van der Waals surface area (Å²) in [6, 6.07) is 0.877. The number of aromatic nitrogens is 2. The summed E-state index contributed by atoms with van der Waals surface area (Å²) in [5.74, 6) is 0. The molecule has 31 heavy (non-hydrogen) atoms. The van der Waals surface area contributed by atoms with Gasteiger partial charge in [0.15, 0.2) is 12.4 Å². The van der Waals surface area contributed by atoms with E-state index in [4.69, 9.17) is 19.4 Å². The third-order valence-electron chi connectivity index (χ3n) is 4.08. The highest BCUT2D eigenvalue weighted by Crippen LogP contribution is 2.66. The Hall–Kier alpha value is -1.06. The van der Waals surface area contributed by atoms with E-state index in [0.29, 0.717) is 4.57 Å². The summed E-state index contributed by atoms with van der Waals surface area (Å²) in [6.07, 6.45) is -5.51. The number of H-pyrrole nitrogens is 1. The molecular weight excluding hydrogens is 496 g/mol. The second kappa shape index (κ2) is 9.06. The zero-order valence-electron chi connectivity index (χ0n) is 15.4. The highest BCUT2D eigenvalue weighted by molar-refractivity contribution is 7.66. The predicted molar refractivity (Wildman–Crippen MR) is 95.2 cm³/mol. The SMILES string of the molecule is CC[C@]1(COP(=O)(O)OP(=O)(O)OP(=O)(O)O)O[C@@H](n2ccc(=O)[nH]c2=O)[C@@H](F)[C@@H]1O. The zero-order chi connectivity index (χ0) is 23.8. The summed E-state index contributed by atoms with van der Waals surface area (Å²) in [4.78, 5) is 60.5. The Morgan fingerprint density at radius 2 is 1.81 bits per heavy atom. The Labute approximate surface area is 171 Å². The van der Waals surface area contributed by atoms with Crippen molar-refractivity contribution in [2.24, 2.45) is 0 Å². The van der Waals surface area contributed by atoms with Gasteiger partial charge < -0.3 is 29.4 Å². The van der Waals surface area contributed by atoms with Crippen LogP contribution in [0.1, 0.15) is 19.6 Å². The standard InChI is InChI=1S/C11H18FN2O14P3/c1-2-11(5-25-30(21,22)28-31(23,24)27-29(18,19)20)8(16)7(12)9(26-11)14-4-3-6(15)13-10(14)17/h3-4,7-9,16H,2,5H2,1H3,(H,21,22)(H,23,24)(H,13,15,17)(H2,18,19,20)/t7-,8-,9+,11+/m0/s1. The third-order valence-corrected chi connectivity index (χ3v) is 7.86. The molecule has 0 aliphatic carbocycles. The topological polar surface area (TPSA) is 244 Å². The number of rotatable bonds is 9. The molecule has 0 amide bonds. The van der Waals surface area contributed by atoms with Gasteiger partial charge in [0.25, 0.3) is 5.56 Å². The molecule has 0 saturated carbocycles. The van der Waals surface area contributed by atoms with Crippen molar-refractivity contribution in [2.75, 3.05) is 6.61 Å². The van der Waals surface area contributed by atoms with E-state index in [-0.39, 0.29) is 6.42 Å². The van der Waals surface area contributed by atoms with Crippen LogP contribution >= 0.6 is 23.5 Å². The molecule has 0 radical (unpaired) electrons. The molecule has 6 atom stereocenters. The summed E-state index contributed by atoms with van der Waals surface area (Å²) in [5.41, 5.74) is -3.94. The number of phosphoric ester groups is 1. The number of ether oxygens (including phenoxy) is 1. The van der Waals surface area contributed by atoms with Crippen LogP contribution in [0.25, 0.3) is 0 Å². The minimum atomic E-state index is -5.78. The Morgan fingerprint density at radius 1 is 1.19 bits per heavy atom. The summed E-state index contributed by atoms with van der Waals surface area (Å²) >= 11 is 0. The van der Waals surface area contributed by atoms with E-state index in [1.807, 2.05) is 4.98 Å². The maximum atomic E-state index is 14.7. The largest absolute Gasteiger partial charge is 0.490 e. The molecule has 6 N–H and O–H groups in total. The van der Waals surface area contributed by atoms with Gasteiger partial charge >= 0.3 is 29.2 Å². The van der Waals surface area contributed by atoms with Crippen molar-refractivity contribution in [3.8, 4) is 0 Å². The van der Waals surface area contributed by atoms with Crippen LogP contribution in [0.5, 0.6) is 0 Å². The molecular formula is C11H18FN2O14P3. The molecule has 1 fully saturated rings. The molecule has 1 saturated heterocycles. The molecule has 1 aromatic heterocycles. The molecule has 2 rings (SSSR count). The van der Waals surface area contributed by atoms with Crippen LogP contribution in [0, 0.1) is 0 Å². The first-order valence-corrected chi connectivity index (χ1v) is 12.6. The van der Waals surface area contributed by atoms with Gasteiger partial charge in [-0.3, -0.25) is 18.9 Å². The van der Waals surface area contributed by atoms with Gasteiger partial charge in [-0.25, -0.2) is 22.9 Å². The quantitative estimate of drug-likeness (QED) is 0.222. The minimum Gasteiger partial charge on any atom is -0.387 e. The van der Waals surface area contributed by atoms with Gasteiger partial charge in [-0.05, 0) is 6.42 Å². The van der Waals surface area contributed by atoms with E-state index < -0.39 is 65.4 Å². The number of aliphatic hydroxyl groups is 1. The molecule has 2 unspecified atom stereocenters. The molecule has 1 aliphatic heterocycles. The fraction of sp³-hybridized carbons (Fsp3) is 0.636. The molecule has 0 bridgehead atoms. The molecule has 2 heterocycles. The summed E-state index contributed by atoms with van der Waals surface area (Å²) in [5, 5.41) is 10.3. The van der Waals surface area contributed by atoms with E-state index in [0.717, 1.165) is 12.3 Å². The second-order valence-electron chi connectivity index (χ2n) is 6.20. The summed E-state index contributed by atoms with van der Waals surface area (Å²) < 4.78 is 66.0. The first kappa shape index (κ1) is 26.2. The molecule has 1 aromatic rings. The van der Waals surface area contributed by atoms with Crippen LogP contribution in [0.4, 0.5) is 4.39 Å². The van der Waals surface area contributed by atoms with Crippen molar-refractivity contribution < 1.29 is 60.6 Å². The number of hydrogen-bond acceptors (Lipinski definition) is 10. The molecule has 20 heteroatoms. The maximum absolute atomic E-state index is 14.7. The van der Waals surface area contributed by atoms with Gasteiger partial charge in [0.05, 0.1) is 6.61 Å². The Morgan fingerprint density at radius 3 is 2.32 bits per heavy atom. The van der Waals surface area contributed by atoms with Crippen LogP contribution in [0.15, 0.2) is 21.9 Å². The van der Waals surface area contributed by atoms with Crippen LogP contribution in [0.3, 0.4) is 0 Å². The van der Waals surface area contributed by atoms with Crippen LogP contribution in [-0.2, 0) is 31.6 Å². The second-order valence-corrected chi connectivity index (χ2v) is 10.6. The van der Waals surface area contributed by atoms with Gasteiger partial charge in [0.2, 0.25) is 0 Å². The number of nitrogens with one attached hydrogen (secondary N) is 1. The maximum Gasteiger partial charge on any atom is 0.490 e. The number of alkyl halides is 1. The van der Waals surface area contributed by atoms with Gasteiger partial charge in [-0.1, -0.05) is 6.92 Å². The third kappa shape index (κ3) is 6.48. The number of phosphoric acid groups is 3. The Kier molecular flexibility index (Phi) is 7.65. The fourth-order valence-corrected chi connectivity index (χ4v) is 5.74. The number of hydrogen-bond donors (Lipinski definition) is 6. The smallest absolute Gasteiger partial charge is 0.387 e. The van der Waals surface area contributed by atoms with Gasteiger partial charge in [0, 0.05) is 12.3 Å². The lowest BCUT2D eigenvalue weighted by molar-refractivity contribution is -0.128. The lowest BCUT2D eigenvalue weighted by Crippen LogP contribution is -2.45. The fourth-order valence-electron chi connectivity index (χ4n) is 2.67. The minimum absolute atomic E-state index is 0.279. The molecule has 178 valence electrons. The predicted octanol–water partition coefficient (Wildman–Crippen LogP) is -0.744. The van der Waals surface area contributed by atoms with Crippen LogP contribution in [-0.4, -0.2) is 58.7 Å². The van der Waals surface area contributed by atoms with Crippen molar-refractivity contribution in [2.45, 2.75) is 37.4 Å². The van der Waals surface area contributed by atoms with E-state index in [1.165, 1.54) is 6.92 Å². The number of halogens is 1. The van der Waals surface area contributed by atoms with E-state index in [9.17, 15) is 37.7 Å². The first-order valence-electron chi connectivity index (χ1n) is 8.11. The highest BCUT2D eigenvalue weighted by Gasteiger charge is 2.56. The lowest BCUT2D eigenvalue weighted by Gasteiger charge is -2.30. The van der Waals surface area contributed by atoms with Gasteiger partial charge in [-0.2, -0.15) is 8.62 Å². The van der Waals surface area contributed by atoms with Crippen molar-refractivity contribution in [1.29, 1.82) is 0 Å². The van der Waals surface area contributed by atoms with Crippen molar-refractivity contribution in [1.82, 2.24) is 9.55 Å². The lowest BCUT2D eigenvalue weighted by atomic mass is 9.94. The summed E-state index contributed by atoms with van der Waals surface area (Å²) in [7, 11) is -17.0. The van der Waals surface area contributed by atoms with Crippen molar-refractivity contribution in [3.63, 3.8) is 0 Å². The average Bonchev–Trinajstić information content (AvgIpc) is 2.82. The average molecular weight is 514 g/mol. The summed E-state index contributed by atoms with van der Waals surface area (Å²) in [6.45, 7) is 0.206. The zero-order valence-corrected chi connectivity index (χ0v) is 18.1. The molecule has 0 aromatic carbocycles. The van der Waals surface area contributed by atoms with Crippen molar-refractivity contribution >= 4 is 23.5 Å². The normalized spacial score (nSPS) is 30.6. The number of aromatic amines is 1. The Balaban J connectivity index is 2.21. The number of aliphatic hydroxyl groups excluding tert-OH is 1. The van der Waals surface area contributed by atoms with Gasteiger partial charge in [-0.15, -0.1) is 0 Å².